The Bertz CT molecular complexity index is 705. The normalized spacial score (nSPS) is 26.6. The maximum absolute atomic E-state index is 6.15. The molecule has 6 heteroatoms. The van der Waals surface area contributed by atoms with Crippen molar-refractivity contribution in [1.29, 1.82) is 0 Å². The highest BCUT2D eigenvalue weighted by Crippen LogP contribution is 2.41. The number of likely N-dealkylation sites (tertiary alicyclic amines) is 1. The smallest absolute Gasteiger partial charge is 0.133 e. The average Bonchev–Trinajstić information content (AvgIpc) is 3.07. The Kier molecular flexibility index (Phi) is 5.33. The maximum atomic E-state index is 6.15. The first kappa shape index (κ1) is 17.6. The van der Waals surface area contributed by atoms with Crippen LogP contribution in [-0.4, -0.2) is 47.4 Å². The molecule has 2 atom stereocenters. The minimum atomic E-state index is 0.0717. The van der Waals surface area contributed by atoms with Crippen LogP contribution in [0.1, 0.15) is 36.3 Å². The number of piperidine rings is 1. The number of ether oxygens (including phenoxy) is 2. The molecular formula is C20H27N3O3. The predicted molar refractivity (Wildman–Crippen MR) is 96.4 cm³/mol. The van der Waals surface area contributed by atoms with Crippen LogP contribution in [0.25, 0.3) is 0 Å². The number of aromatic nitrogens is 2. The lowest BCUT2D eigenvalue weighted by atomic mass is 9.73. The van der Waals surface area contributed by atoms with Crippen LogP contribution in [-0.2, 0) is 22.6 Å². The quantitative estimate of drug-likeness (QED) is 0.792. The molecule has 0 N–H and O–H groups in total. The van der Waals surface area contributed by atoms with Gasteiger partial charge in [0.05, 0.1) is 25.0 Å². The summed E-state index contributed by atoms with van der Waals surface area (Å²) in [7, 11) is 0. The van der Waals surface area contributed by atoms with E-state index in [2.05, 4.69) is 15.0 Å². The topological polar surface area (TPSA) is 60.6 Å². The zero-order valence-corrected chi connectivity index (χ0v) is 15.4. The molecule has 140 valence electrons. The van der Waals surface area contributed by atoms with Crippen molar-refractivity contribution < 1.29 is 14.0 Å². The first-order valence-electron chi connectivity index (χ1n) is 9.46. The standard InChI is InChI=1S/C20H27N3O3/c1-16-11-18(22-26-16)12-23-9-5-19-20(14-23,6-2-10-25-19)15-24-13-17-3-7-21-8-4-17/h3-4,7-8,11,19H,2,5-6,9-10,12-15H2,1H3. The van der Waals surface area contributed by atoms with E-state index in [4.69, 9.17) is 14.0 Å². The number of rotatable bonds is 6. The van der Waals surface area contributed by atoms with Gasteiger partial charge in [-0.25, -0.2) is 0 Å². The first-order chi connectivity index (χ1) is 12.7. The summed E-state index contributed by atoms with van der Waals surface area (Å²) < 4.78 is 17.5. The van der Waals surface area contributed by atoms with E-state index >= 15 is 0 Å². The lowest BCUT2D eigenvalue weighted by Gasteiger charge is -2.50. The summed E-state index contributed by atoms with van der Waals surface area (Å²) in [5.41, 5.74) is 2.24. The second-order valence-electron chi connectivity index (χ2n) is 7.60. The Morgan fingerprint density at radius 2 is 2.23 bits per heavy atom. The molecule has 26 heavy (non-hydrogen) atoms. The van der Waals surface area contributed by atoms with E-state index < -0.39 is 0 Å². The van der Waals surface area contributed by atoms with Crippen LogP contribution in [0.3, 0.4) is 0 Å². The molecule has 4 rings (SSSR count). The van der Waals surface area contributed by atoms with Gasteiger partial charge in [-0.15, -0.1) is 0 Å². The van der Waals surface area contributed by atoms with Crippen LogP contribution in [0.15, 0.2) is 35.1 Å². The highest BCUT2D eigenvalue weighted by atomic mass is 16.5. The van der Waals surface area contributed by atoms with E-state index in [1.54, 1.807) is 0 Å². The minimum absolute atomic E-state index is 0.0717. The molecule has 2 aromatic heterocycles. The Morgan fingerprint density at radius 1 is 1.35 bits per heavy atom. The third-order valence-corrected chi connectivity index (χ3v) is 5.54. The number of hydrogen-bond acceptors (Lipinski definition) is 6. The molecule has 4 heterocycles. The van der Waals surface area contributed by atoms with E-state index in [1.165, 1.54) is 0 Å². The highest BCUT2D eigenvalue weighted by molar-refractivity contribution is 5.08. The summed E-state index contributed by atoms with van der Waals surface area (Å²) >= 11 is 0. The van der Waals surface area contributed by atoms with Gasteiger partial charge in [0.2, 0.25) is 0 Å². The van der Waals surface area contributed by atoms with Crippen LogP contribution >= 0.6 is 0 Å². The summed E-state index contributed by atoms with van der Waals surface area (Å²) in [6.07, 6.45) is 7.23. The summed E-state index contributed by atoms with van der Waals surface area (Å²) in [4.78, 5) is 6.53. The predicted octanol–water partition coefficient (Wildman–Crippen LogP) is 2.97. The highest BCUT2D eigenvalue weighted by Gasteiger charge is 2.46. The van der Waals surface area contributed by atoms with Gasteiger partial charge >= 0.3 is 0 Å². The average molecular weight is 357 g/mol. The summed E-state index contributed by atoms with van der Waals surface area (Å²) in [6.45, 7) is 7.01. The molecule has 0 radical (unpaired) electrons. The van der Waals surface area contributed by atoms with Crippen LogP contribution in [0.4, 0.5) is 0 Å². The fourth-order valence-corrected chi connectivity index (χ4v) is 4.30. The van der Waals surface area contributed by atoms with E-state index in [-0.39, 0.29) is 5.41 Å². The molecule has 0 aromatic carbocycles. The van der Waals surface area contributed by atoms with Gasteiger partial charge < -0.3 is 14.0 Å². The fourth-order valence-electron chi connectivity index (χ4n) is 4.30. The third-order valence-electron chi connectivity index (χ3n) is 5.54. The van der Waals surface area contributed by atoms with Crippen molar-refractivity contribution in [3.8, 4) is 0 Å². The Morgan fingerprint density at radius 3 is 3.04 bits per heavy atom. The zero-order chi connectivity index (χ0) is 17.8. The minimum Gasteiger partial charge on any atom is -0.377 e. The van der Waals surface area contributed by atoms with Crippen molar-refractivity contribution in [3.63, 3.8) is 0 Å². The summed E-state index contributed by atoms with van der Waals surface area (Å²) in [5.74, 6) is 0.867. The zero-order valence-electron chi connectivity index (χ0n) is 15.4. The van der Waals surface area contributed by atoms with Gasteiger partial charge in [-0.3, -0.25) is 9.88 Å². The monoisotopic (exact) mass is 357 g/mol. The van der Waals surface area contributed by atoms with Crippen LogP contribution in [0, 0.1) is 12.3 Å². The van der Waals surface area contributed by atoms with E-state index in [0.29, 0.717) is 12.7 Å². The number of nitrogens with zero attached hydrogens (tertiary/aromatic N) is 3. The summed E-state index contributed by atoms with van der Waals surface area (Å²) in [5, 5.41) is 4.15. The molecule has 2 unspecified atom stereocenters. The SMILES string of the molecule is Cc1cc(CN2CCC3OCCCC3(COCc3ccncc3)C2)no1. The van der Waals surface area contributed by atoms with Crippen molar-refractivity contribution in [1.82, 2.24) is 15.0 Å². The van der Waals surface area contributed by atoms with E-state index in [9.17, 15) is 0 Å². The Hall–Kier alpha value is -1.76. The second kappa shape index (κ2) is 7.86. The van der Waals surface area contributed by atoms with Crippen molar-refractivity contribution in [2.24, 2.45) is 5.41 Å². The maximum Gasteiger partial charge on any atom is 0.133 e. The van der Waals surface area contributed by atoms with Gasteiger partial charge in [-0.1, -0.05) is 5.16 Å². The van der Waals surface area contributed by atoms with Gasteiger partial charge in [0.25, 0.3) is 0 Å². The Labute approximate surface area is 154 Å². The van der Waals surface area contributed by atoms with Crippen LogP contribution < -0.4 is 0 Å². The van der Waals surface area contributed by atoms with E-state index in [1.807, 2.05) is 37.5 Å². The summed E-state index contributed by atoms with van der Waals surface area (Å²) in [6, 6.07) is 6.04. The Balaban J connectivity index is 1.40. The third kappa shape index (κ3) is 3.98. The first-order valence-corrected chi connectivity index (χ1v) is 9.46. The van der Waals surface area contributed by atoms with Gasteiger partial charge in [0.1, 0.15) is 5.76 Å². The van der Waals surface area contributed by atoms with Gasteiger partial charge in [0, 0.05) is 50.1 Å². The van der Waals surface area contributed by atoms with Crippen molar-refractivity contribution in [2.45, 2.75) is 45.4 Å². The molecule has 2 aromatic rings. The lowest BCUT2D eigenvalue weighted by molar-refractivity contribution is -0.156. The molecule has 2 saturated heterocycles. The van der Waals surface area contributed by atoms with Gasteiger partial charge in [-0.2, -0.15) is 0 Å². The molecule has 0 saturated carbocycles. The van der Waals surface area contributed by atoms with E-state index in [0.717, 1.165) is 69.1 Å². The number of pyridine rings is 1. The van der Waals surface area contributed by atoms with Crippen molar-refractivity contribution in [2.75, 3.05) is 26.3 Å². The molecule has 2 aliphatic rings. The molecule has 0 amide bonds. The van der Waals surface area contributed by atoms with Crippen molar-refractivity contribution in [3.05, 3.63) is 47.6 Å². The van der Waals surface area contributed by atoms with Crippen molar-refractivity contribution >= 4 is 0 Å². The molecule has 2 aliphatic heterocycles. The lowest BCUT2D eigenvalue weighted by Crippen LogP contribution is -2.56. The molecular weight excluding hydrogens is 330 g/mol. The molecule has 0 spiro atoms. The molecule has 0 bridgehead atoms. The number of hydrogen-bond donors (Lipinski definition) is 0. The van der Waals surface area contributed by atoms with Crippen LogP contribution in [0.2, 0.25) is 0 Å². The van der Waals surface area contributed by atoms with Crippen LogP contribution in [0.5, 0.6) is 0 Å². The number of fused-ring (bicyclic) bond motifs is 1. The molecule has 2 fully saturated rings. The fraction of sp³-hybridized carbons (Fsp3) is 0.600. The second-order valence-corrected chi connectivity index (χ2v) is 7.60. The van der Waals surface area contributed by atoms with Gasteiger partial charge in [0.15, 0.2) is 0 Å². The largest absolute Gasteiger partial charge is 0.377 e. The van der Waals surface area contributed by atoms with Gasteiger partial charge in [-0.05, 0) is 43.9 Å². The molecule has 0 aliphatic carbocycles. The molecule has 6 nitrogen and oxygen atoms in total. The number of aryl methyl sites for hydroxylation is 1.